The third-order valence-electron chi connectivity index (χ3n) is 2.69. The molecule has 0 saturated heterocycles. The highest BCUT2D eigenvalue weighted by molar-refractivity contribution is 14.1. The van der Waals surface area contributed by atoms with E-state index in [2.05, 4.69) is 27.9 Å². The van der Waals surface area contributed by atoms with Crippen molar-refractivity contribution < 1.29 is 13.9 Å². The fourth-order valence-corrected chi connectivity index (χ4v) is 2.32. The largest absolute Gasteiger partial charge is 0.494 e. The Morgan fingerprint density at radius 1 is 1.30 bits per heavy atom. The number of rotatable bonds is 4. The van der Waals surface area contributed by atoms with Gasteiger partial charge >= 0.3 is 0 Å². The zero-order valence-electron chi connectivity index (χ0n) is 10.8. The zero-order chi connectivity index (χ0) is 14.5. The van der Waals surface area contributed by atoms with Crippen molar-refractivity contribution >= 4 is 34.2 Å². The van der Waals surface area contributed by atoms with Gasteiger partial charge in [0.2, 0.25) is 5.91 Å². The van der Waals surface area contributed by atoms with Gasteiger partial charge in [-0.3, -0.25) is 4.79 Å². The number of carbonyl (C=O) groups is 1. The van der Waals surface area contributed by atoms with E-state index in [1.165, 1.54) is 19.2 Å². The van der Waals surface area contributed by atoms with Crippen molar-refractivity contribution in [3.63, 3.8) is 0 Å². The first kappa shape index (κ1) is 14.8. The minimum absolute atomic E-state index is 0.117. The molecule has 104 valence electrons. The second-order valence-electron chi connectivity index (χ2n) is 4.20. The van der Waals surface area contributed by atoms with E-state index in [9.17, 15) is 9.18 Å². The van der Waals surface area contributed by atoms with Gasteiger partial charge in [-0.25, -0.2) is 4.39 Å². The predicted molar refractivity (Wildman–Crippen MR) is 84.4 cm³/mol. The van der Waals surface area contributed by atoms with Crippen molar-refractivity contribution in [1.82, 2.24) is 0 Å². The summed E-state index contributed by atoms with van der Waals surface area (Å²) in [6, 6.07) is 12.0. The molecule has 0 radical (unpaired) electrons. The fraction of sp³-hybridized carbons (Fsp3) is 0.133. The fourth-order valence-electron chi connectivity index (χ4n) is 1.78. The van der Waals surface area contributed by atoms with Crippen LogP contribution in [0.3, 0.4) is 0 Å². The minimum atomic E-state index is -0.466. The molecule has 0 atom stereocenters. The molecule has 0 fully saturated rings. The van der Waals surface area contributed by atoms with E-state index in [0.717, 1.165) is 9.26 Å². The molecule has 2 aromatic carbocycles. The van der Waals surface area contributed by atoms with Gasteiger partial charge in [0.15, 0.2) is 11.6 Å². The normalized spacial score (nSPS) is 10.2. The van der Waals surface area contributed by atoms with E-state index in [1.807, 2.05) is 24.3 Å². The summed E-state index contributed by atoms with van der Waals surface area (Å²) in [6.07, 6.45) is 0.117. The van der Waals surface area contributed by atoms with Gasteiger partial charge in [0.25, 0.3) is 0 Å². The number of nitrogens with one attached hydrogen (secondary N) is 1. The Morgan fingerprint density at radius 3 is 2.75 bits per heavy atom. The topological polar surface area (TPSA) is 38.3 Å². The summed E-state index contributed by atoms with van der Waals surface area (Å²) in [5.41, 5.74) is 1.34. The van der Waals surface area contributed by atoms with Crippen molar-refractivity contribution in [3.8, 4) is 5.75 Å². The molecular formula is C15H13FINO2. The second kappa shape index (κ2) is 6.69. The zero-order valence-corrected chi connectivity index (χ0v) is 13.0. The first-order valence-corrected chi connectivity index (χ1v) is 7.04. The minimum Gasteiger partial charge on any atom is -0.494 e. The Kier molecular flexibility index (Phi) is 4.94. The maximum absolute atomic E-state index is 13.5. The molecule has 0 spiro atoms. The lowest BCUT2D eigenvalue weighted by Gasteiger charge is -2.07. The molecule has 5 heteroatoms. The Morgan fingerprint density at radius 2 is 2.10 bits per heavy atom. The van der Waals surface area contributed by atoms with E-state index < -0.39 is 5.82 Å². The summed E-state index contributed by atoms with van der Waals surface area (Å²) in [6.45, 7) is 0. The maximum Gasteiger partial charge on any atom is 0.228 e. The summed E-state index contributed by atoms with van der Waals surface area (Å²) in [4.78, 5) is 11.9. The van der Waals surface area contributed by atoms with Gasteiger partial charge in [0.1, 0.15) is 0 Å². The number of amides is 1. The van der Waals surface area contributed by atoms with E-state index >= 15 is 0 Å². The summed E-state index contributed by atoms with van der Waals surface area (Å²) in [5, 5.41) is 2.78. The number of anilines is 1. The smallest absolute Gasteiger partial charge is 0.228 e. The Hall–Kier alpha value is -1.63. The van der Waals surface area contributed by atoms with Gasteiger partial charge in [-0.2, -0.15) is 0 Å². The van der Waals surface area contributed by atoms with Crippen LogP contribution in [0, 0.1) is 9.39 Å². The van der Waals surface area contributed by atoms with Gasteiger partial charge in [0.05, 0.1) is 13.5 Å². The van der Waals surface area contributed by atoms with Crippen molar-refractivity contribution in [2.45, 2.75) is 6.42 Å². The van der Waals surface area contributed by atoms with Crippen LogP contribution in [0.4, 0.5) is 10.1 Å². The molecule has 0 heterocycles. The first-order chi connectivity index (χ1) is 9.58. The number of carbonyl (C=O) groups excluding carboxylic acids is 1. The van der Waals surface area contributed by atoms with E-state index in [4.69, 9.17) is 4.74 Å². The van der Waals surface area contributed by atoms with Gasteiger partial charge in [-0.05, 0) is 58.5 Å². The van der Waals surface area contributed by atoms with Crippen LogP contribution in [0.25, 0.3) is 0 Å². The predicted octanol–water partition coefficient (Wildman–Crippen LogP) is 3.62. The molecule has 0 unspecified atom stereocenters. The second-order valence-corrected chi connectivity index (χ2v) is 5.45. The van der Waals surface area contributed by atoms with Crippen LogP contribution in [-0.4, -0.2) is 13.0 Å². The average molecular weight is 385 g/mol. The van der Waals surface area contributed by atoms with Crippen LogP contribution in [0.1, 0.15) is 5.56 Å². The van der Waals surface area contributed by atoms with Crippen molar-refractivity contribution in [2.24, 2.45) is 0 Å². The van der Waals surface area contributed by atoms with Gasteiger partial charge in [-0.15, -0.1) is 0 Å². The lowest BCUT2D eigenvalue weighted by molar-refractivity contribution is -0.115. The lowest BCUT2D eigenvalue weighted by Crippen LogP contribution is -2.14. The highest BCUT2D eigenvalue weighted by Gasteiger charge is 2.08. The summed E-state index contributed by atoms with van der Waals surface area (Å²) < 4.78 is 19.4. The molecule has 2 aromatic rings. The molecule has 0 aliphatic rings. The van der Waals surface area contributed by atoms with Gasteiger partial charge in [0, 0.05) is 9.26 Å². The van der Waals surface area contributed by atoms with E-state index in [1.54, 1.807) is 6.07 Å². The highest BCUT2D eigenvalue weighted by Crippen LogP contribution is 2.18. The highest BCUT2D eigenvalue weighted by atomic mass is 127. The molecule has 0 saturated carbocycles. The average Bonchev–Trinajstić information content (AvgIpc) is 2.38. The molecule has 0 bridgehead atoms. The number of benzene rings is 2. The summed E-state index contributed by atoms with van der Waals surface area (Å²) in [5.74, 6) is -0.476. The van der Waals surface area contributed by atoms with Crippen LogP contribution in [0.2, 0.25) is 0 Å². The Labute approximate surface area is 130 Å². The van der Waals surface area contributed by atoms with E-state index in [0.29, 0.717) is 5.56 Å². The number of methoxy groups -OCH3 is 1. The van der Waals surface area contributed by atoms with Crippen molar-refractivity contribution in [2.75, 3.05) is 12.4 Å². The maximum atomic E-state index is 13.5. The summed E-state index contributed by atoms with van der Waals surface area (Å²) in [7, 11) is 1.40. The standard InChI is InChI=1S/C15H13FINO2/c1-20-14-6-5-10(7-13(14)16)8-15(19)18-12-4-2-3-11(17)9-12/h2-7,9H,8H2,1H3,(H,18,19). The third kappa shape index (κ3) is 3.93. The van der Waals surface area contributed by atoms with Gasteiger partial charge in [-0.1, -0.05) is 12.1 Å². The number of hydrogen-bond donors (Lipinski definition) is 1. The molecular weight excluding hydrogens is 372 g/mol. The lowest BCUT2D eigenvalue weighted by atomic mass is 10.1. The molecule has 1 amide bonds. The number of hydrogen-bond acceptors (Lipinski definition) is 2. The number of halogens is 2. The van der Waals surface area contributed by atoms with Gasteiger partial charge < -0.3 is 10.1 Å². The molecule has 0 aliphatic heterocycles. The first-order valence-electron chi connectivity index (χ1n) is 5.96. The van der Waals surface area contributed by atoms with Crippen LogP contribution in [0.15, 0.2) is 42.5 Å². The third-order valence-corrected chi connectivity index (χ3v) is 3.36. The Balaban J connectivity index is 2.03. The SMILES string of the molecule is COc1ccc(CC(=O)Nc2cccc(I)c2)cc1F. The molecule has 0 aliphatic carbocycles. The quantitative estimate of drug-likeness (QED) is 0.817. The molecule has 1 N–H and O–H groups in total. The molecule has 3 nitrogen and oxygen atoms in total. The Bertz CT molecular complexity index is 631. The summed E-state index contributed by atoms with van der Waals surface area (Å²) >= 11 is 2.17. The molecule has 20 heavy (non-hydrogen) atoms. The van der Waals surface area contributed by atoms with Crippen LogP contribution in [-0.2, 0) is 11.2 Å². The monoisotopic (exact) mass is 385 g/mol. The van der Waals surface area contributed by atoms with Crippen LogP contribution in [0.5, 0.6) is 5.75 Å². The van der Waals surface area contributed by atoms with E-state index in [-0.39, 0.29) is 18.1 Å². The van der Waals surface area contributed by atoms with Crippen molar-refractivity contribution in [3.05, 3.63) is 57.4 Å². The molecule has 2 rings (SSSR count). The van der Waals surface area contributed by atoms with Crippen molar-refractivity contribution in [1.29, 1.82) is 0 Å². The van der Waals surface area contributed by atoms with Crippen LogP contribution < -0.4 is 10.1 Å². The molecule has 0 aromatic heterocycles. The van der Waals surface area contributed by atoms with Crippen LogP contribution >= 0.6 is 22.6 Å². The number of ether oxygens (including phenoxy) is 1.